The zero-order valence-electron chi connectivity index (χ0n) is 12.3. The van der Waals surface area contributed by atoms with E-state index in [2.05, 4.69) is 22.3 Å². The Balaban J connectivity index is 1.50. The molecule has 2 saturated carbocycles. The van der Waals surface area contributed by atoms with Gasteiger partial charge >= 0.3 is 0 Å². The number of hydrogen-bond donors (Lipinski definition) is 1. The molecule has 3 rings (SSSR count). The highest BCUT2D eigenvalue weighted by atomic mass is 16.1. The quantitative estimate of drug-likeness (QED) is 0.893. The molecule has 0 aromatic carbocycles. The van der Waals surface area contributed by atoms with E-state index in [1.807, 2.05) is 6.92 Å². The van der Waals surface area contributed by atoms with Crippen LogP contribution in [0.5, 0.6) is 0 Å². The highest BCUT2D eigenvalue weighted by Gasteiger charge is 2.42. The molecular weight excluding hydrogens is 252 g/mol. The lowest BCUT2D eigenvalue weighted by Crippen LogP contribution is -2.43. The van der Waals surface area contributed by atoms with Gasteiger partial charge in [-0.05, 0) is 43.9 Å². The van der Waals surface area contributed by atoms with Gasteiger partial charge in [-0.1, -0.05) is 13.3 Å². The first-order chi connectivity index (χ1) is 9.63. The smallest absolute Gasteiger partial charge is 0.224 e. The van der Waals surface area contributed by atoms with Gasteiger partial charge in [-0.15, -0.1) is 0 Å². The first kappa shape index (κ1) is 13.6. The van der Waals surface area contributed by atoms with Crippen molar-refractivity contribution < 1.29 is 4.79 Å². The molecule has 1 N–H and O–H groups in total. The molecule has 0 saturated heterocycles. The summed E-state index contributed by atoms with van der Waals surface area (Å²) < 4.78 is 1.71. The molecule has 20 heavy (non-hydrogen) atoms. The first-order valence-corrected chi connectivity index (χ1v) is 7.76. The second-order valence-corrected chi connectivity index (χ2v) is 6.65. The van der Waals surface area contributed by atoms with Crippen molar-refractivity contribution in [1.82, 2.24) is 20.1 Å². The fraction of sp³-hybridized carbons (Fsp3) is 0.800. The Morgan fingerprint density at radius 3 is 2.85 bits per heavy atom. The molecule has 1 aromatic rings. The molecule has 110 valence electrons. The highest BCUT2D eigenvalue weighted by Crippen LogP contribution is 2.49. The number of carbonyl (C=O) groups excluding carboxylic acids is 1. The molecule has 1 amide bonds. The van der Waals surface area contributed by atoms with Crippen LogP contribution < -0.4 is 5.32 Å². The van der Waals surface area contributed by atoms with Gasteiger partial charge in [0, 0.05) is 6.04 Å². The predicted octanol–water partition coefficient (Wildman–Crippen LogP) is 1.86. The van der Waals surface area contributed by atoms with Crippen molar-refractivity contribution in [3.05, 3.63) is 12.7 Å². The van der Waals surface area contributed by atoms with E-state index < -0.39 is 0 Å². The summed E-state index contributed by atoms with van der Waals surface area (Å²) in [5, 5.41) is 7.27. The van der Waals surface area contributed by atoms with Crippen LogP contribution in [0.1, 0.15) is 39.5 Å². The summed E-state index contributed by atoms with van der Waals surface area (Å²) in [6.07, 6.45) is 8.63. The lowest BCUT2D eigenvalue weighted by Gasteiger charge is -2.29. The van der Waals surface area contributed by atoms with E-state index in [0.717, 1.165) is 11.8 Å². The third-order valence-electron chi connectivity index (χ3n) is 5.18. The Morgan fingerprint density at radius 1 is 1.40 bits per heavy atom. The number of rotatable bonds is 5. The number of carbonyl (C=O) groups is 1. The molecule has 5 atom stereocenters. The Labute approximate surface area is 120 Å². The van der Waals surface area contributed by atoms with E-state index in [1.165, 1.54) is 32.0 Å². The number of hydrogen-bond acceptors (Lipinski definition) is 3. The van der Waals surface area contributed by atoms with E-state index in [9.17, 15) is 4.79 Å². The highest BCUT2D eigenvalue weighted by molar-refractivity contribution is 5.78. The van der Waals surface area contributed by atoms with Crippen LogP contribution in [-0.4, -0.2) is 26.7 Å². The van der Waals surface area contributed by atoms with Crippen molar-refractivity contribution in [3.8, 4) is 0 Å². The van der Waals surface area contributed by atoms with Gasteiger partial charge in [0.2, 0.25) is 5.91 Å². The summed E-state index contributed by atoms with van der Waals surface area (Å²) >= 11 is 0. The van der Waals surface area contributed by atoms with Crippen molar-refractivity contribution in [1.29, 1.82) is 0 Å². The molecule has 2 fully saturated rings. The molecule has 0 unspecified atom stereocenters. The number of aromatic nitrogens is 3. The summed E-state index contributed by atoms with van der Waals surface area (Å²) in [7, 11) is 0. The molecular formula is C15H24N4O. The van der Waals surface area contributed by atoms with Crippen LogP contribution >= 0.6 is 0 Å². The Kier molecular flexibility index (Phi) is 3.76. The monoisotopic (exact) mass is 276 g/mol. The topological polar surface area (TPSA) is 59.8 Å². The van der Waals surface area contributed by atoms with E-state index >= 15 is 0 Å². The van der Waals surface area contributed by atoms with E-state index in [0.29, 0.717) is 18.5 Å². The van der Waals surface area contributed by atoms with Crippen molar-refractivity contribution in [3.63, 3.8) is 0 Å². The van der Waals surface area contributed by atoms with Gasteiger partial charge in [-0.2, -0.15) is 5.10 Å². The summed E-state index contributed by atoms with van der Waals surface area (Å²) in [6, 6.07) is 0.302. The SMILES string of the molecule is C[C@H](Cn1cncn1)C(=O)N[C@@H](C)[C@@H]1C[C@H]2CC[C@H]1C2. The zero-order chi connectivity index (χ0) is 14.1. The van der Waals surface area contributed by atoms with Gasteiger partial charge in [0.1, 0.15) is 12.7 Å². The molecule has 2 aliphatic rings. The van der Waals surface area contributed by atoms with E-state index in [4.69, 9.17) is 0 Å². The Morgan fingerprint density at radius 2 is 2.25 bits per heavy atom. The summed E-state index contributed by atoms with van der Waals surface area (Å²) in [4.78, 5) is 16.2. The molecule has 0 spiro atoms. The van der Waals surface area contributed by atoms with E-state index in [1.54, 1.807) is 11.0 Å². The summed E-state index contributed by atoms with van der Waals surface area (Å²) in [5.41, 5.74) is 0. The normalized spacial score (nSPS) is 31.2. The van der Waals surface area contributed by atoms with Crippen LogP contribution in [0.15, 0.2) is 12.7 Å². The fourth-order valence-corrected chi connectivity index (χ4v) is 4.07. The minimum absolute atomic E-state index is 0.0715. The third-order valence-corrected chi connectivity index (χ3v) is 5.18. The second kappa shape index (κ2) is 5.54. The van der Waals surface area contributed by atoms with Gasteiger partial charge in [-0.3, -0.25) is 9.48 Å². The third kappa shape index (κ3) is 2.72. The fourth-order valence-electron chi connectivity index (χ4n) is 4.07. The van der Waals surface area contributed by atoms with Crippen molar-refractivity contribution in [2.45, 2.75) is 52.1 Å². The second-order valence-electron chi connectivity index (χ2n) is 6.65. The van der Waals surface area contributed by atoms with Gasteiger partial charge < -0.3 is 5.32 Å². The maximum absolute atomic E-state index is 12.3. The lowest BCUT2D eigenvalue weighted by molar-refractivity contribution is -0.126. The van der Waals surface area contributed by atoms with Crippen molar-refractivity contribution in [2.75, 3.05) is 0 Å². The Hall–Kier alpha value is -1.39. The average molecular weight is 276 g/mol. The van der Waals surface area contributed by atoms with E-state index in [-0.39, 0.29) is 11.8 Å². The molecule has 1 heterocycles. The maximum atomic E-state index is 12.3. The first-order valence-electron chi connectivity index (χ1n) is 7.76. The number of fused-ring (bicyclic) bond motifs is 2. The zero-order valence-corrected chi connectivity index (χ0v) is 12.3. The molecule has 0 radical (unpaired) electrons. The average Bonchev–Trinajstić information content (AvgIpc) is 3.15. The van der Waals surface area contributed by atoms with Crippen LogP contribution in [0.25, 0.3) is 0 Å². The van der Waals surface area contributed by atoms with Gasteiger partial charge in [0.15, 0.2) is 0 Å². The van der Waals surface area contributed by atoms with Crippen LogP contribution in [0.2, 0.25) is 0 Å². The predicted molar refractivity (Wildman–Crippen MR) is 75.7 cm³/mol. The maximum Gasteiger partial charge on any atom is 0.224 e. The van der Waals surface area contributed by atoms with Crippen molar-refractivity contribution >= 4 is 5.91 Å². The standard InChI is InChI=1S/C15H24N4O/c1-10(7-19-9-16-8-17-19)15(20)18-11(2)14-6-12-3-4-13(14)5-12/h8-14H,3-7H2,1-2H3,(H,18,20)/t10-,11+,12+,13+,14+/m1/s1. The number of nitrogens with zero attached hydrogens (tertiary/aromatic N) is 3. The molecule has 2 aliphatic carbocycles. The molecule has 0 aliphatic heterocycles. The largest absolute Gasteiger partial charge is 0.353 e. The van der Waals surface area contributed by atoms with Crippen LogP contribution in [-0.2, 0) is 11.3 Å². The lowest BCUT2D eigenvalue weighted by atomic mass is 9.84. The van der Waals surface area contributed by atoms with Crippen molar-refractivity contribution in [2.24, 2.45) is 23.7 Å². The van der Waals surface area contributed by atoms with Gasteiger partial charge in [-0.25, -0.2) is 4.98 Å². The van der Waals surface area contributed by atoms with Gasteiger partial charge in [0.25, 0.3) is 0 Å². The number of amides is 1. The molecule has 2 bridgehead atoms. The molecule has 1 aromatic heterocycles. The molecule has 5 heteroatoms. The minimum Gasteiger partial charge on any atom is -0.353 e. The van der Waals surface area contributed by atoms with Gasteiger partial charge in [0.05, 0.1) is 12.5 Å². The van der Waals surface area contributed by atoms with Crippen LogP contribution in [0.4, 0.5) is 0 Å². The Bertz CT molecular complexity index is 458. The molecule has 5 nitrogen and oxygen atoms in total. The number of nitrogens with one attached hydrogen (secondary N) is 1. The minimum atomic E-state index is -0.0715. The van der Waals surface area contributed by atoms with Crippen LogP contribution in [0.3, 0.4) is 0 Å². The summed E-state index contributed by atoms with van der Waals surface area (Å²) in [6.45, 7) is 4.71. The van der Waals surface area contributed by atoms with Crippen LogP contribution in [0, 0.1) is 23.7 Å². The summed E-state index contributed by atoms with van der Waals surface area (Å²) in [5.74, 6) is 2.53.